The van der Waals surface area contributed by atoms with E-state index in [0.717, 1.165) is 51.4 Å². The van der Waals surface area contributed by atoms with Crippen LogP contribution < -0.4 is 0 Å². The van der Waals surface area contributed by atoms with Crippen LogP contribution >= 0.6 is 0 Å². The first-order valence-electron chi connectivity index (χ1n) is 13.8. The molecule has 2 saturated carbocycles. The number of carbonyl (C=O) groups excluding carboxylic acids is 2. The number of carbonyl (C=O) groups is 2. The maximum absolute atomic E-state index is 12.3. The highest BCUT2D eigenvalue weighted by Gasteiger charge is 2.16. The summed E-state index contributed by atoms with van der Waals surface area (Å²) in [5, 5.41) is 0. The smallest absolute Gasteiger partial charge is 0.331 e. The fraction of sp³-hybridized carbons (Fsp3) is 0.857. The van der Waals surface area contributed by atoms with Crippen LogP contribution in [0.3, 0.4) is 0 Å². The molecule has 0 radical (unpaired) electrons. The van der Waals surface area contributed by atoms with E-state index in [0.29, 0.717) is 0 Å². The van der Waals surface area contributed by atoms with Gasteiger partial charge in [0.1, 0.15) is 12.2 Å². The third-order valence-electron chi connectivity index (χ3n) is 7.03. The van der Waals surface area contributed by atoms with E-state index in [1.807, 2.05) is 0 Å². The Hall–Kier alpha value is -1.32. The quantitative estimate of drug-likeness (QED) is 0.323. The summed E-state index contributed by atoms with van der Waals surface area (Å²) in [6.07, 6.45) is 28.8. The van der Waals surface area contributed by atoms with Crippen molar-refractivity contribution in [2.24, 2.45) is 0 Å². The van der Waals surface area contributed by atoms with Crippen LogP contribution in [0.2, 0.25) is 0 Å². The van der Waals surface area contributed by atoms with Crippen molar-refractivity contribution in [3.05, 3.63) is 12.2 Å². The van der Waals surface area contributed by atoms with Gasteiger partial charge in [0.25, 0.3) is 0 Å². The van der Waals surface area contributed by atoms with Crippen molar-refractivity contribution >= 4 is 11.9 Å². The van der Waals surface area contributed by atoms with Crippen molar-refractivity contribution in [1.82, 2.24) is 0 Å². The molecule has 0 aromatic heterocycles. The third-order valence-corrected chi connectivity index (χ3v) is 7.03. The lowest BCUT2D eigenvalue weighted by Crippen LogP contribution is -2.19. The second-order valence-electron chi connectivity index (χ2n) is 9.97. The molecule has 0 amide bonds. The highest BCUT2D eigenvalue weighted by Crippen LogP contribution is 2.20. The summed E-state index contributed by atoms with van der Waals surface area (Å²) in [7, 11) is 0. The Kier molecular flexibility index (Phi) is 15.3. The Balaban J connectivity index is 1.73. The number of esters is 2. The molecule has 0 bridgehead atoms. The second-order valence-corrected chi connectivity index (χ2v) is 9.97. The van der Waals surface area contributed by atoms with Crippen molar-refractivity contribution in [2.75, 3.05) is 0 Å². The van der Waals surface area contributed by atoms with Crippen LogP contribution in [-0.4, -0.2) is 24.1 Å². The molecule has 2 aliphatic rings. The minimum Gasteiger partial charge on any atom is -0.459 e. The van der Waals surface area contributed by atoms with E-state index in [1.54, 1.807) is 0 Å². The van der Waals surface area contributed by atoms with Crippen molar-refractivity contribution in [3.63, 3.8) is 0 Å². The average molecular weight is 449 g/mol. The molecule has 0 N–H and O–H groups in total. The maximum Gasteiger partial charge on any atom is 0.331 e. The minimum absolute atomic E-state index is 0.0195. The highest BCUT2D eigenvalue weighted by molar-refractivity contribution is 5.91. The van der Waals surface area contributed by atoms with Gasteiger partial charge in [0.15, 0.2) is 0 Å². The summed E-state index contributed by atoms with van der Waals surface area (Å²) in [4.78, 5) is 24.6. The lowest BCUT2D eigenvalue weighted by molar-refractivity contribution is -0.146. The van der Waals surface area contributed by atoms with Crippen molar-refractivity contribution in [2.45, 2.75) is 153 Å². The SMILES string of the molecule is O=C(/C=C\C(=O)OC1CCCCCCCCCCC1)OC1CCCCCCCCCCC1. The molecular weight excluding hydrogens is 400 g/mol. The van der Waals surface area contributed by atoms with Crippen LogP contribution in [-0.2, 0) is 19.1 Å². The summed E-state index contributed by atoms with van der Waals surface area (Å²) >= 11 is 0. The number of hydrogen-bond acceptors (Lipinski definition) is 4. The van der Waals surface area contributed by atoms with Crippen molar-refractivity contribution in [1.29, 1.82) is 0 Å². The first kappa shape index (κ1) is 26.9. The predicted molar refractivity (Wildman–Crippen MR) is 130 cm³/mol. The molecule has 0 spiro atoms. The first-order valence-corrected chi connectivity index (χ1v) is 13.8. The van der Waals surface area contributed by atoms with Crippen LogP contribution in [0.25, 0.3) is 0 Å². The molecule has 0 unspecified atom stereocenters. The van der Waals surface area contributed by atoms with Gasteiger partial charge in [-0.25, -0.2) is 9.59 Å². The highest BCUT2D eigenvalue weighted by atomic mass is 16.5. The van der Waals surface area contributed by atoms with Gasteiger partial charge >= 0.3 is 11.9 Å². The molecule has 0 aliphatic heterocycles. The first-order chi connectivity index (χ1) is 15.7. The van der Waals surface area contributed by atoms with Gasteiger partial charge in [-0.1, -0.05) is 89.9 Å². The molecule has 2 aliphatic carbocycles. The molecule has 0 heterocycles. The lowest BCUT2D eigenvalue weighted by atomic mass is 9.99. The fourth-order valence-electron chi connectivity index (χ4n) is 5.03. The fourth-order valence-corrected chi connectivity index (χ4v) is 5.03. The van der Waals surface area contributed by atoms with Gasteiger partial charge in [-0.05, 0) is 51.4 Å². The van der Waals surface area contributed by atoms with E-state index >= 15 is 0 Å². The van der Waals surface area contributed by atoms with Gasteiger partial charge in [0.05, 0.1) is 0 Å². The predicted octanol–water partition coefficient (Wildman–Crippen LogP) is 7.98. The number of rotatable bonds is 4. The van der Waals surface area contributed by atoms with Crippen LogP contribution in [0.1, 0.15) is 141 Å². The van der Waals surface area contributed by atoms with E-state index in [9.17, 15) is 9.59 Å². The molecule has 32 heavy (non-hydrogen) atoms. The molecule has 2 fully saturated rings. The zero-order valence-corrected chi connectivity index (χ0v) is 20.5. The Labute approximate surface area is 196 Å². The number of ether oxygens (including phenoxy) is 2. The molecule has 4 nitrogen and oxygen atoms in total. The van der Waals surface area contributed by atoms with Crippen LogP contribution in [0.4, 0.5) is 0 Å². The van der Waals surface area contributed by atoms with E-state index in [2.05, 4.69) is 0 Å². The summed E-state index contributed by atoms with van der Waals surface area (Å²) in [5.41, 5.74) is 0. The van der Waals surface area contributed by atoms with Gasteiger partial charge in [0, 0.05) is 12.2 Å². The molecule has 0 saturated heterocycles. The lowest BCUT2D eigenvalue weighted by Gasteiger charge is -2.18. The number of hydrogen-bond donors (Lipinski definition) is 0. The normalized spacial score (nSPS) is 22.6. The van der Waals surface area contributed by atoms with Gasteiger partial charge < -0.3 is 9.47 Å². The molecule has 2 rings (SSSR count). The third kappa shape index (κ3) is 14.0. The Bertz CT molecular complexity index is 458. The summed E-state index contributed by atoms with van der Waals surface area (Å²) < 4.78 is 11.4. The average Bonchev–Trinajstić information content (AvgIpc) is 2.76. The minimum atomic E-state index is -0.405. The van der Waals surface area contributed by atoms with Crippen LogP contribution in [0.15, 0.2) is 12.2 Å². The topological polar surface area (TPSA) is 52.6 Å². The van der Waals surface area contributed by atoms with Crippen LogP contribution in [0.5, 0.6) is 0 Å². The van der Waals surface area contributed by atoms with Crippen molar-refractivity contribution in [3.8, 4) is 0 Å². The van der Waals surface area contributed by atoms with E-state index in [4.69, 9.17) is 9.47 Å². The van der Waals surface area contributed by atoms with Gasteiger partial charge in [-0.3, -0.25) is 0 Å². The zero-order valence-electron chi connectivity index (χ0n) is 20.5. The van der Waals surface area contributed by atoms with Crippen molar-refractivity contribution < 1.29 is 19.1 Å². The van der Waals surface area contributed by atoms with Gasteiger partial charge in [-0.2, -0.15) is 0 Å². The van der Waals surface area contributed by atoms with E-state index < -0.39 is 11.9 Å². The van der Waals surface area contributed by atoms with Crippen LogP contribution in [0, 0.1) is 0 Å². The monoisotopic (exact) mass is 448 g/mol. The maximum atomic E-state index is 12.3. The Morgan fingerprint density at radius 3 is 0.875 bits per heavy atom. The molecule has 184 valence electrons. The largest absolute Gasteiger partial charge is 0.459 e. The standard InChI is InChI=1S/C28H48O4/c29-27(31-25-19-15-11-7-3-1-4-8-12-16-20-25)23-24-28(30)32-26-21-17-13-9-5-2-6-10-14-18-22-26/h23-26H,1-22H2/b24-23-. The van der Waals surface area contributed by atoms with E-state index in [1.165, 1.54) is 102 Å². The molecule has 4 heteroatoms. The summed E-state index contributed by atoms with van der Waals surface area (Å²) in [6, 6.07) is 0. The van der Waals surface area contributed by atoms with E-state index in [-0.39, 0.29) is 12.2 Å². The molecule has 0 aromatic carbocycles. The van der Waals surface area contributed by atoms with Gasteiger partial charge in [0.2, 0.25) is 0 Å². The second kappa shape index (κ2) is 18.1. The molecule has 0 aromatic rings. The molecule has 0 atom stereocenters. The Morgan fingerprint density at radius 1 is 0.406 bits per heavy atom. The summed E-state index contributed by atoms with van der Waals surface area (Å²) in [5.74, 6) is -0.810. The Morgan fingerprint density at radius 2 is 0.625 bits per heavy atom. The summed E-state index contributed by atoms with van der Waals surface area (Å²) in [6.45, 7) is 0. The zero-order chi connectivity index (χ0) is 22.7. The van der Waals surface area contributed by atoms with Gasteiger partial charge in [-0.15, -0.1) is 0 Å². The molecular formula is C28H48O4.